The summed E-state index contributed by atoms with van der Waals surface area (Å²) in [6.45, 7) is 22.1. The third-order valence-corrected chi connectivity index (χ3v) is 16.6. The molecule has 1 saturated heterocycles. The van der Waals surface area contributed by atoms with Gasteiger partial charge in [0.1, 0.15) is 30.2 Å². The van der Waals surface area contributed by atoms with Crippen molar-refractivity contribution in [1.82, 2.24) is 19.5 Å². The molecule has 2 aromatic heterocycles. The molecule has 3 N–H and O–H groups in total. The van der Waals surface area contributed by atoms with Gasteiger partial charge in [-0.05, 0) is 36.3 Å². The molecule has 0 aromatic carbocycles. The molecule has 33 heavy (non-hydrogen) atoms. The third-order valence-electron chi connectivity index (χ3n) is 7.63. The van der Waals surface area contributed by atoms with Crippen LogP contribution in [0.25, 0.3) is 11.2 Å². The average molecular weight is 496 g/mol. The highest BCUT2D eigenvalue weighted by molar-refractivity contribution is 6.74. The number of anilines is 1. The maximum atomic E-state index is 11.4. The molecule has 186 valence electrons. The molecule has 9 nitrogen and oxygen atoms in total. The molecule has 1 aliphatic rings. The van der Waals surface area contributed by atoms with E-state index >= 15 is 0 Å². The minimum absolute atomic E-state index is 0.0312. The van der Waals surface area contributed by atoms with E-state index in [4.69, 9.17) is 19.3 Å². The Bertz CT molecular complexity index is 983. The summed E-state index contributed by atoms with van der Waals surface area (Å²) in [4.78, 5) is 12.8. The first-order valence-corrected chi connectivity index (χ1v) is 17.4. The fourth-order valence-corrected chi connectivity index (χ4v) is 5.59. The third kappa shape index (κ3) is 5.03. The highest BCUT2D eigenvalue weighted by atomic mass is 28.4. The lowest BCUT2D eigenvalue weighted by Crippen LogP contribution is -2.49. The van der Waals surface area contributed by atoms with Crippen LogP contribution in [0, 0.1) is 0 Å². The van der Waals surface area contributed by atoms with Crippen molar-refractivity contribution in [3.8, 4) is 0 Å². The van der Waals surface area contributed by atoms with Crippen molar-refractivity contribution < 1.29 is 18.7 Å². The van der Waals surface area contributed by atoms with Crippen LogP contribution in [0.3, 0.4) is 0 Å². The molecule has 0 saturated carbocycles. The Balaban J connectivity index is 1.95. The van der Waals surface area contributed by atoms with Gasteiger partial charge in [0.25, 0.3) is 0 Å². The molecule has 3 rings (SSSR count). The van der Waals surface area contributed by atoms with Gasteiger partial charge in [-0.3, -0.25) is 4.57 Å². The van der Waals surface area contributed by atoms with Gasteiger partial charge in [0.2, 0.25) is 0 Å². The maximum Gasteiger partial charge on any atom is 0.192 e. The lowest BCUT2D eigenvalue weighted by atomic mass is 10.1. The molecule has 11 heteroatoms. The second-order valence-corrected chi connectivity index (χ2v) is 21.6. The summed E-state index contributed by atoms with van der Waals surface area (Å²) in [5.41, 5.74) is 7.05. The zero-order chi connectivity index (χ0) is 25.0. The molecule has 4 atom stereocenters. The van der Waals surface area contributed by atoms with Crippen LogP contribution in [0.15, 0.2) is 12.7 Å². The van der Waals surface area contributed by atoms with Crippen LogP contribution in [0.5, 0.6) is 0 Å². The van der Waals surface area contributed by atoms with Crippen molar-refractivity contribution in [2.24, 2.45) is 0 Å². The van der Waals surface area contributed by atoms with Crippen molar-refractivity contribution in [2.75, 3.05) is 12.3 Å². The average Bonchev–Trinajstić information content (AvgIpc) is 3.21. The second-order valence-electron chi connectivity index (χ2n) is 12.1. The Hall–Kier alpha value is -1.38. The van der Waals surface area contributed by atoms with Crippen LogP contribution in [-0.2, 0) is 13.6 Å². The monoisotopic (exact) mass is 495 g/mol. The van der Waals surface area contributed by atoms with E-state index in [0.29, 0.717) is 23.6 Å². The van der Waals surface area contributed by atoms with Gasteiger partial charge in [0, 0.05) is 0 Å². The van der Waals surface area contributed by atoms with Crippen molar-refractivity contribution in [1.29, 1.82) is 0 Å². The molecule has 0 amide bonds. The summed E-state index contributed by atoms with van der Waals surface area (Å²) in [5, 5.41) is 11.4. The minimum Gasteiger partial charge on any atom is -0.414 e. The molecule has 2 aromatic rings. The van der Waals surface area contributed by atoms with Gasteiger partial charge in [0.15, 0.2) is 34.3 Å². The quantitative estimate of drug-likeness (QED) is 0.576. The fraction of sp³-hybridized carbons (Fsp3) is 0.773. The molecule has 3 heterocycles. The second kappa shape index (κ2) is 8.69. The van der Waals surface area contributed by atoms with E-state index in [1.165, 1.54) is 6.33 Å². The lowest BCUT2D eigenvalue weighted by molar-refractivity contribution is -0.0476. The molecule has 0 bridgehead atoms. The van der Waals surface area contributed by atoms with E-state index in [1.54, 1.807) is 10.9 Å². The number of nitrogen functional groups attached to an aromatic ring is 1. The van der Waals surface area contributed by atoms with Crippen molar-refractivity contribution in [3.63, 3.8) is 0 Å². The van der Waals surface area contributed by atoms with E-state index in [2.05, 4.69) is 82.7 Å². The smallest absolute Gasteiger partial charge is 0.192 e. The minimum atomic E-state index is -2.23. The molecule has 0 aliphatic carbocycles. The van der Waals surface area contributed by atoms with Gasteiger partial charge in [0.05, 0.1) is 12.9 Å². The van der Waals surface area contributed by atoms with Crippen LogP contribution in [0.2, 0.25) is 36.3 Å². The lowest BCUT2D eigenvalue weighted by Gasteiger charge is -2.40. The Morgan fingerprint density at radius 3 is 2.21 bits per heavy atom. The van der Waals surface area contributed by atoms with Gasteiger partial charge in [-0.2, -0.15) is 0 Å². The number of nitrogens with two attached hydrogens (primary N) is 1. The van der Waals surface area contributed by atoms with Crippen LogP contribution < -0.4 is 5.73 Å². The molecular formula is C22H41N5O4Si2. The standard InChI is InChI=1S/C22H41N5O4Si2/c1-21(2,3)32(7,8)29-11-14-16(28)17(31-33(9,10)22(4,5)6)20(30-14)27-13-26-15-18(23)24-12-25-19(15)27/h12-14,16-17,20,28H,11H2,1-10H3,(H2,23,24,25)/t14-,16-,17-,20-/m1/s1. The van der Waals surface area contributed by atoms with Gasteiger partial charge >= 0.3 is 0 Å². The summed E-state index contributed by atoms with van der Waals surface area (Å²) in [7, 11) is -4.25. The normalized spacial score (nSPS) is 25.2. The van der Waals surface area contributed by atoms with Crippen molar-refractivity contribution >= 4 is 33.6 Å². The number of aliphatic hydroxyl groups excluding tert-OH is 1. The SMILES string of the molecule is CC(C)(C)[Si](C)(C)OC[C@H]1O[C@@H](n2cnc3c(N)ncnc32)[C@H](O[Si](C)(C)C(C)(C)C)[C@@H]1O. The van der Waals surface area contributed by atoms with Gasteiger partial charge in [-0.25, -0.2) is 15.0 Å². The van der Waals surface area contributed by atoms with E-state index < -0.39 is 41.2 Å². The molecule has 0 radical (unpaired) electrons. The predicted octanol–water partition coefficient (Wildman–Crippen LogP) is 4.08. The number of hydrogen-bond acceptors (Lipinski definition) is 8. The Kier molecular flexibility index (Phi) is 6.90. The summed E-state index contributed by atoms with van der Waals surface area (Å²) in [6.07, 6.45) is 0.449. The number of aliphatic hydroxyl groups is 1. The number of ether oxygens (including phenoxy) is 1. The van der Waals surface area contributed by atoms with Gasteiger partial charge < -0.3 is 24.4 Å². The molecular weight excluding hydrogens is 454 g/mol. The molecule has 1 fully saturated rings. The first-order chi connectivity index (χ1) is 15.0. The zero-order valence-corrected chi connectivity index (χ0v) is 23.7. The summed E-state index contributed by atoms with van der Waals surface area (Å²) in [6, 6.07) is 0. The molecule has 0 spiro atoms. The summed E-state index contributed by atoms with van der Waals surface area (Å²) in [5.74, 6) is 0.303. The van der Waals surface area contributed by atoms with Crippen LogP contribution in [0.4, 0.5) is 5.82 Å². The topological polar surface area (TPSA) is 118 Å². The van der Waals surface area contributed by atoms with Crippen molar-refractivity contribution in [2.45, 2.75) is 102 Å². The summed E-state index contributed by atoms with van der Waals surface area (Å²) >= 11 is 0. The number of hydrogen-bond donors (Lipinski definition) is 2. The van der Waals surface area contributed by atoms with Crippen LogP contribution >= 0.6 is 0 Å². The van der Waals surface area contributed by atoms with E-state index in [-0.39, 0.29) is 10.1 Å². The Morgan fingerprint density at radius 1 is 1.03 bits per heavy atom. The largest absolute Gasteiger partial charge is 0.414 e. The van der Waals surface area contributed by atoms with E-state index in [9.17, 15) is 5.11 Å². The number of nitrogens with zero attached hydrogens (tertiary/aromatic N) is 4. The zero-order valence-electron chi connectivity index (χ0n) is 21.7. The fourth-order valence-electron chi connectivity index (χ4n) is 3.29. The van der Waals surface area contributed by atoms with Gasteiger partial charge in [-0.15, -0.1) is 0 Å². The predicted molar refractivity (Wildman–Crippen MR) is 135 cm³/mol. The Labute approximate surface area is 199 Å². The van der Waals surface area contributed by atoms with E-state index in [0.717, 1.165) is 0 Å². The van der Waals surface area contributed by atoms with Gasteiger partial charge in [-0.1, -0.05) is 41.5 Å². The van der Waals surface area contributed by atoms with Crippen LogP contribution in [0.1, 0.15) is 47.8 Å². The van der Waals surface area contributed by atoms with Crippen LogP contribution in [-0.4, -0.2) is 66.2 Å². The van der Waals surface area contributed by atoms with Crippen molar-refractivity contribution in [3.05, 3.63) is 12.7 Å². The number of aromatic nitrogens is 4. The number of fused-ring (bicyclic) bond motifs is 1. The highest BCUT2D eigenvalue weighted by Crippen LogP contribution is 2.43. The summed E-state index contributed by atoms with van der Waals surface area (Å²) < 4.78 is 21.3. The molecule has 0 unspecified atom stereocenters. The van der Waals surface area contributed by atoms with E-state index in [1.807, 2.05) is 0 Å². The Morgan fingerprint density at radius 2 is 1.64 bits per heavy atom. The first kappa shape index (κ1) is 26.2. The first-order valence-electron chi connectivity index (χ1n) is 11.5. The molecule has 1 aliphatic heterocycles. The maximum absolute atomic E-state index is 11.4. The number of rotatable bonds is 6. The number of imidazole rings is 1. The highest BCUT2D eigenvalue weighted by Gasteiger charge is 2.51.